The number of phenolic OH excluding ortho intramolecular Hbond substituents is 1. The lowest BCUT2D eigenvalue weighted by atomic mass is 9.63. The van der Waals surface area contributed by atoms with Crippen LogP contribution in [-0.4, -0.2) is 34.5 Å². The first-order valence-electron chi connectivity index (χ1n) is 11.7. The second-order valence-corrected chi connectivity index (χ2v) is 10.7. The van der Waals surface area contributed by atoms with Crippen LogP contribution in [-0.2, 0) is 16.0 Å². The number of allylic oxidation sites excluding steroid dienone is 3. The molecule has 33 heavy (non-hydrogen) atoms. The summed E-state index contributed by atoms with van der Waals surface area (Å²) in [5.74, 6) is 1.04. The van der Waals surface area contributed by atoms with Gasteiger partial charge in [-0.3, -0.25) is 9.59 Å². The van der Waals surface area contributed by atoms with Gasteiger partial charge >= 0.3 is 0 Å². The van der Waals surface area contributed by atoms with E-state index in [1.807, 2.05) is 39.8 Å². The summed E-state index contributed by atoms with van der Waals surface area (Å²) in [6.07, 6.45) is 8.66. The summed E-state index contributed by atoms with van der Waals surface area (Å²) in [7, 11) is 1.60. The summed E-state index contributed by atoms with van der Waals surface area (Å²) in [4.78, 5) is 26.0. The van der Waals surface area contributed by atoms with Crippen molar-refractivity contribution in [2.24, 2.45) is 10.8 Å². The number of aromatic hydroxyl groups is 1. The molecule has 1 aromatic carbocycles. The Labute approximate surface area is 198 Å². The highest BCUT2D eigenvalue weighted by atomic mass is 16.5. The minimum atomic E-state index is -1.05. The van der Waals surface area contributed by atoms with Gasteiger partial charge in [0.05, 0.1) is 12.7 Å². The first-order chi connectivity index (χ1) is 15.2. The van der Waals surface area contributed by atoms with Crippen LogP contribution >= 0.6 is 0 Å². The van der Waals surface area contributed by atoms with Crippen molar-refractivity contribution >= 4 is 11.6 Å². The van der Waals surface area contributed by atoms with Gasteiger partial charge in [-0.1, -0.05) is 38.0 Å². The van der Waals surface area contributed by atoms with E-state index in [-0.39, 0.29) is 17.3 Å². The van der Waals surface area contributed by atoms with Crippen LogP contribution in [0.2, 0.25) is 0 Å². The van der Waals surface area contributed by atoms with Gasteiger partial charge in [-0.25, -0.2) is 0 Å². The summed E-state index contributed by atoms with van der Waals surface area (Å²) in [6.45, 7) is 11.0. The molecule has 0 spiro atoms. The van der Waals surface area contributed by atoms with Gasteiger partial charge in [0.25, 0.3) is 0 Å². The standard InChI is InChI=1S/C28H40O5/c1-19(9-10-21-17-23(33-7)16-20(2)25(21)31)15-22(29)18-27(5)12-8-13-28(27,6)24(30)11-14-26(3,4)32/h9,11,14,16-17,31-32H,8,10,12-13,15,18H2,1-7H3/b14-11+,19-9+/t27-,28?/m1/s1. The van der Waals surface area contributed by atoms with Crippen LogP contribution in [0.4, 0.5) is 0 Å². The number of carbonyl (C=O) groups is 2. The fourth-order valence-electron chi connectivity index (χ4n) is 4.83. The number of ether oxygens (including phenoxy) is 1. The molecule has 5 nitrogen and oxygen atoms in total. The largest absolute Gasteiger partial charge is 0.507 e. The van der Waals surface area contributed by atoms with Crippen LogP contribution in [0.1, 0.15) is 77.8 Å². The molecule has 1 unspecified atom stereocenters. The first kappa shape index (κ1) is 26.8. The van der Waals surface area contributed by atoms with Crippen LogP contribution in [0.3, 0.4) is 0 Å². The number of hydrogen-bond acceptors (Lipinski definition) is 5. The predicted octanol–water partition coefficient (Wildman–Crippen LogP) is 5.64. The van der Waals surface area contributed by atoms with Crippen molar-refractivity contribution in [1.29, 1.82) is 0 Å². The van der Waals surface area contributed by atoms with Crippen LogP contribution < -0.4 is 4.74 Å². The van der Waals surface area contributed by atoms with Crippen molar-refractivity contribution < 1.29 is 24.5 Å². The summed E-state index contributed by atoms with van der Waals surface area (Å²) in [5, 5.41) is 20.3. The maximum atomic E-state index is 13.0. The zero-order valence-corrected chi connectivity index (χ0v) is 21.2. The van der Waals surface area contributed by atoms with Gasteiger partial charge < -0.3 is 14.9 Å². The summed E-state index contributed by atoms with van der Waals surface area (Å²) in [6, 6.07) is 3.60. The molecule has 2 rings (SSSR count). The molecule has 0 saturated heterocycles. The van der Waals surface area contributed by atoms with E-state index in [2.05, 4.69) is 0 Å². The Kier molecular flexibility index (Phi) is 8.34. The maximum Gasteiger partial charge on any atom is 0.161 e. The molecule has 2 N–H and O–H groups in total. The minimum absolute atomic E-state index is 0.0199. The number of methoxy groups -OCH3 is 1. The number of rotatable bonds is 10. The Bertz CT molecular complexity index is 950. The summed E-state index contributed by atoms with van der Waals surface area (Å²) in [5.41, 5.74) is 0.381. The number of hydrogen-bond donors (Lipinski definition) is 2. The van der Waals surface area contributed by atoms with Crippen molar-refractivity contribution in [2.45, 2.75) is 85.7 Å². The quantitative estimate of drug-likeness (QED) is 0.352. The summed E-state index contributed by atoms with van der Waals surface area (Å²) >= 11 is 0. The molecule has 182 valence electrons. The van der Waals surface area contributed by atoms with Crippen molar-refractivity contribution in [3.8, 4) is 11.5 Å². The van der Waals surface area contributed by atoms with Gasteiger partial charge in [0.1, 0.15) is 17.3 Å². The number of benzene rings is 1. The molecular weight excluding hydrogens is 416 g/mol. The molecule has 0 radical (unpaired) electrons. The number of aryl methyl sites for hydroxylation is 1. The van der Waals surface area contributed by atoms with Gasteiger partial charge in [0, 0.05) is 23.8 Å². The van der Waals surface area contributed by atoms with E-state index in [1.165, 1.54) is 12.2 Å². The van der Waals surface area contributed by atoms with Gasteiger partial charge in [-0.05, 0) is 76.1 Å². The molecule has 1 fully saturated rings. The Morgan fingerprint density at radius 1 is 1.21 bits per heavy atom. The van der Waals surface area contributed by atoms with Gasteiger partial charge in [0.15, 0.2) is 5.78 Å². The predicted molar refractivity (Wildman–Crippen MR) is 132 cm³/mol. The van der Waals surface area contributed by atoms with Gasteiger partial charge in [-0.2, -0.15) is 0 Å². The molecule has 1 aliphatic rings. The zero-order valence-electron chi connectivity index (χ0n) is 21.2. The highest BCUT2D eigenvalue weighted by Gasteiger charge is 2.52. The Balaban J connectivity index is 2.09. The molecule has 1 aliphatic carbocycles. The molecule has 5 heteroatoms. The number of ketones is 2. The topological polar surface area (TPSA) is 83.8 Å². The zero-order chi connectivity index (χ0) is 25.0. The van der Waals surface area contributed by atoms with E-state index in [0.29, 0.717) is 25.0 Å². The van der Waals surface area contributed by atoms with E-state index in [1.54, 1.807) is 27.0 Å². The number of Topliss-reactive ketones (excluding diaryl/α,β-unsaturated/α-hetero) is 1. The molecule has 0 aliphatic heterocycles. The summed E-state index contributed by atoms with van der Waals surface area (Å²) < 4.78 is 5.29. The second-order valence-electron chi connectivity index (χ2n) is 10.7. The number of carbonyl (C=O) groups excluding carboxylic acids is 2. The fraction of sp³-hybridized carbons (Fsp3) is 0.571. The Morgan fingerprint density at radius 2 is 1.88 bits per heavy atom. The molecule has 0 heterocycles. The molecule has 0 bridgehead atoms. The highest BCUT2D eigenvalue weighted by Crippen LogP contribution is 2.55. The lowest BCUT2D eigenvalue weighted by Gasteiger charge is -2.39. The van der Waals surface area contributed by atoms with Crippen LogP contribution in [0, 0.1) is 17.8 Å². The molecule has 2 atom stereocenters. The number of aliphatic hydroxyl groups is 1. The third-order valence-corrected chi connectivity index (χ3v) is 7.25. The Morgan fingerprint density at radius 3 is 2.48 bits per heavy atom. The minimum Gasteiger partial charge on any atom is -0.507 e. The van der Waals surface area contributed by atoms with Crippen LogP contribution in [0.25, 0.3) is 0 Å². The van der Waals surface area contributed by atoms with Crippen LogP contribution in [0.5, 0.6) is 11.5 Å². The van der Waals surface area contributed by atoms with E-state index >= 15 is 0 Å². The lowest BCUT2D eigenvalue weighted by molar-refractivity contribution is -0.131. The van der Waals surface area contributed by atoms with E-state index in [0.717, 1.165) is 36.0 Å². The van der Waals surface area contributed by atoms with Gasteiger partial charge in [-0.15, -0.1) is 0 Å². The molecule has 1 aromatic rings. The molecule has 0 aromatic heterocycles. The highest BCUT2D eigenvalue weighted by molar-refractivity contribution is 5.96. The monoisotopic (exact) mass is 456 g/mol. The van der Waals surface area contributed by atoms with Crippen molar-refractivity contribution in [1.82, 2.24) is 0 Å². The van der Waals surface area contributed by atoms with Crippen molar-refractivity contribution in [2.75, 3.05) is 7.11 Å². The maximum absolute atomic E-state index is 13.0. The van der Waals surface area contributed by atoms with E-state index in [4.69, 9.17) is 4.74 Å². The Hall–Kier alpha value is -2.40. The van der Waals surface area contributed by atoms with Crippen molar-refractivity contribution in [3.63, 3.8) is 0 Å². The normalized spacial score (nSPS) is 23.8. The molecule has 0 amide bonds. The smallest absolute Gasteiger partial charge is 0.161 e. The third kappa shape index (κ3) is 6.57. The van der Waals surface area contributed by atoms with E-state index < -0.39 is 16.4 Å². The van der Waals surface area contributed by atoms with E-state index in [9.17, 15) is 19.8 Å². The third-order valence-electron chi connectivity index (χ3n) is 7.25. The number of phenols is 1. The van der Waals surface area contributed by atoms with Gasteiger partial charge in [0.2, 0.25) is 0 Å². The second kappa shape index (κ2) is 10.3. The SMILES string of the molecule is COc1cc(C)c(O)c(C/C=C(\C)CC(=O)C[C@@]2(C)CCCC2(C)C(=O)/C=C/C(C)(C)O)c1. The van der Waals surface area contributed by atoms with Crippen LogP contribution in [0.15, 0.2) is 35.9 Å². The molecular formula is C28H40O5. The molecule has 1 saturated carbocycles. The fourth-order valence-corrected chi connectivity index (χ4v) is 4.83. The average molecular weight is 457 g/mol. The first-order valence-corrected chi connectivity index (χ1v) is 11.7. The lowest BCUT2D eigenvalue weighted by Crippen LogP contribution is -2.40. The van der Waals surface area contributed by atoms with Crippen molar-refractivity contribution in [3.05, 3.63) is 47.1 Å². The average Bonchev–Trinajstić information content (AvgIpc) is 3.01.